The number of ether oxygens (including phenoxy) is 1. The topological polar surface area (TPSA) is 62.4 Å². The average Bonchev–Trinajstić information content (AvgIpc) is 2.55. The summed E-state index contributed by atoms with van der Waals surface area (Å²) >= 11 is 5.03. The molecule has 0 aromatic heterocycles. The van der Waals surface area contributed by atoms with Crippen LogP contribution < -0.4 is 20.9 Å². The molecule has 0 spiro atoms. The van der Waals surface area contributed by atoms with E-state index in [0.29, 0.717) is 17.0 Å². The van der Waals surface area contributed by atoms with E-state index in [1.807, 2.05) is 0 Å². The van der Waals surface area contributed by atoms with Crippen molar-refractivity contribution in [3.05, 3.63) is 59.9 Å². The molecule has 3 N–H and O–H groups in total. The SMILES string of the molecule is COc1cccc(C(=O)NNC(=S)Nc2ccc(F)cc2)c1. The van der Waals surface area contributed by atoms with Crippen molar-refractivity contribution in [1.82, 2.24) is 10.9 Å². The zero-order valence-corrected chi connectivity index (χ0v) is 12.5. The highest BCUT2D eigenvalue weighted by molar-refractivity contribution is 7.80. The number of carbonyl (C=O) groups excluding carboxylic acids is 1. The summed E-state index contributed by atoms with van der Waals surface area (Å²) in [7, 11) is 1.52. The van der Waals surface area contributed by atoms with E-state index in [4.69, 9.17) is 17.0 Å². The largest absolute Gasteiger partial charge is 0.497 e. The molecule has 2 rings (SSSR count). The van der Waals surface area contributed by atoms with Crippen molar-refractivity contribution in [2.75, 3.05) is 12.4 Å². The molecule has 2 aromatic rings. The van der Waals surface area contributed by atoms with Crippen LogP contribution in [0, 0.1) is 5.82 Å². The molecule has 0 unspecified atom stereocenters. The maximum atomic E-state index is 12.8. The van der Waals surface area contributed by atoms with E-state index in [9.17, 15) is 9.18 Å². The van der Waals surface area contributed by atoms with Crippen LogP contribution in [0.25, 0.3) is 0 Å². The maximum absolute atomic E-state index is 12.8. The number of carbonyl (C=O) groups is 1. The van der Waals surface area contributed by atoms with Crippen LogP contribution in [-0.2, 0) is 0 Å². The second-order valence-electron chi connectivity index (χ2n) is 4.27. The van der Waals surface area contributed by atoms with Gasteiger partial charge in [-0.15, -0.1) is 0 Å². The minimum absolute atomic E-state index is 0.183. The molecule has 0 aliphatic rings. The summed E-state index contributed by atoms with van der Waals surface area (Å²) in [4.78, 5) is 11.9. The Bertz CT molecular complexity index is 677. The zero-order valence-electron chi connectivity index (χ0n) is 11.7. The fourth-order valence-corrected chi connectivity index (χ4v) is 1.81. The molecule has 5 nitrogen and oxygen atoms in total. The predicted molar refractivity (Wildman–Crippen MR) is 86.2 cm³/mol. The van der Waals surface area contributed by atoms with E-state index in [-0.39, 0.29) is 16.8 Å². The monoisotopic (exact) mass is 319 g/mol. The van der Waals surface area contributed by atoms with Crippen LogP contribution in [0.2, 0.25) is 0 Å². The van der Waals surface area contributed by atoms with E-state index in [2.05, 4.69) is 16.2 Å². The number of hydrogen-bond acceptors (Lipinski definition) is 3. The quantitative estimate of drug-likeness (QED) is 0.599. The first-order chi connectivity index (χ1) is 10.6. The van der Waals surface area contributed by atoms with Gasteiger partial charge in [-0.1, -0.05) is 6.07 Å². The highest BCUT2D eigenvalue weighted by atomic mass is 32.1. The first kappa shape index (κ1) is 15.7. The lowest BCUT2D eigenvalue weighted by atomic mass is 10.2. The van der Waals surface area contributed by atoms with Crippen molar-refractivity contribution in [1.29, 1.82) is 0 Å². The van der Waals surface area contributed by atoms with Crippen molar-refractivity contribution in [3.8, 4) is 5.75 Å². The summed E-state index contributed by atoms with van der Waals surface area (Å²) in [6, 6.07) is 12.4. The lowest BCUT2D eigenvalue weighted by molar-refractivity contribution is 0.0944. The minimum Gasteiger partial charge on any atom is -0.497 e. The molecule has 0 radical (unpaired) electrons. The Labute approximate surface area is 132 Å². The standard InChI is InChI=1S/C15H14FN3O2S/c1-21-13-4-2-3-10(9-13)14(20)18-19-15(22)17-12-7-5-11(16)6-8-12/h2-9H,1H3,(H,18,20)(H2,17,19,22). The molecule has 0 atom stereocenters. The number of thiocarbonyl (C=S) groups is 1. The molecule has 114 valence electrons. The van der Waals surface area contributed by atoms with Crippen molar-refractivity contribution >= 4 is 28.9 Å². The van der Waals surface area contributed by atoms with Crippen LogP contribution in [0.1, 0.15) is 10.4 Å². The number of hydrogen-bond donors (Lipinski definition) is 3. The second-order valence-corrected chi connectivity index (χ2v) is 4.68. The Morgan fingerprint density at radius 3 is 2.55 bits per heavy atom. The molecular weight excluding hydrogens is 305 g/mol. The van der Waals surface area contributed by atoms with Crippen molar-refractivity contribution < 1.29 is 13.9 Å². The summed E-state index contributed by atoms with van der Waals surface area (Å²) in [5.41, 5.74) is 6.06. The summed E-state index contributed by atoms with van der Waals surface area (Å²) in [5, 5.41) is 3.00. The fraction of sp³-hybridized carbons (Fsp3) is 0.0667. The third kappa shape index (κ3) is 4.42. The normalized spacial score (nSPS) is 9.73. The van der Waals surface area contributed by atoms with Gasteiger partial charge in [0.05, 0.1) is 7.11 Å². The van der Waals surface area contributed by atoms with Gasteiger partial charge in [0, 0.05) is 11.3 Å². The highest BCUT2D eigenvalue weighted by Gasteiger charge is 2.07. The van der Waals surface area contributed by atoms with E-state index in [1.165, 1.54) is 31.4 Å². The maximum Gasteiger partial charge on any atom is 0.269 e. The van der Waals surface area contributed by atoms with Gasteiger partial charge in [-0.3, -0.25) is 15.6 Å². The lowest BCUT2D eigenvalue weighted by Gasteiger charge is -2.12. The Balaban J connectivity index is 1.87. The van der Waals surface area contributed by atoms with Crippen LogP contribution in [0.4, 0.5) is 10.1 Å². The Hall–Kier alpha value is -2.67. The average molecular weight is 319 g/mol. The Morgan fingerprint density at radius 1 is 1.14 bits per heavy atom. The summed E-state index contributed by atoms with van der Waals surface area (Å²) < 4.78 is 17.8. The van der Waals surface area contributed by atoms with Gasteiger partial charge in [-0.05, 0) is 54.7 Å². The number of anilines is 1. The van der Waals surface area contributed by atoms with Crippen molar-refractivity contribution in [3.63, 3.8) is 0 Å². The molecule has 0 aliphatic carbocycles. The Kier molecular flexibility index (Phi) is 5.26. The van der Waals surface area contributed by atoms with Gasteiger partial charge in [0.2, 0.25) is 0 Å². The van der Waals surface area contributed by atoms with E-state index in [1.54, 1.807) is 24.3 Å². The molecule has 2 aromatic carbocycles. The fourth-order valence-electron chi connectivity index (χ4n) is 1.65. The molecule has 7 heteroatoms. The molecular formula is C15H14FN3O2S. The van der Waals surface area contributed by atoms with Crippen LogP contribution in [-0.4, -0.2) is 18.1 Å². The molecule has 0 aliphatic heterocycles. The number of benzene rings is 2. The van der Waals surface area contributed by atoms with E-state index >= 15 is 0 Å². The van der Waals surface area contributed by atoms with Gasteiger partial charge in [0.15, 0.2) is 5.11 Å². The van der Waals surface area contributed by atoms with Gasteiger partial charge < -0.3 is 10.1 Å². The van der Waals surface area contributed by atoms with Crippen molar-refractivity contribution in [2.45, 2.75) is 0 Å². The van der Waals surface area contributed by atoms with Crippen LogP contribution >= 0.6 is 12.2 Å². The molecule has 22 heavy (non-hydrogen) atoms. The van der Waals surface area contributed by atoms with E-state index in [0.717, 1.165) is 0 Å². The highest BCUT2D eigenvalue weighted by Crippen LogP contribution is 2.12. The smallest absolute Gasteiger partial charge is 0.269 e. The second kappa shape index (κ2) is 7.37. The molecule has 0 saturated heterocycles. The summed E-state index contributed by atoms with van der Waals surface area (Å²) in [6.45, 7) is 0. The first-order valence-electron chi connectivity index (χ1n) is 6.35. The lowest BCUT2D eigenvalue weighted by Crippen LogP contribution is -2.43. The first-order valence-corrected chi connectivity index (χ1v) is 6.76. The van der Waals surface area contributed by atoms with Gasteiger partial charge in [0.1, 0.15) is 11.6 Å². The molecule has 0 saturated carbocycles. The molecule has 1 amide bonds. The van der Waals surface area contributed by atoms with Crippen LogP contribution in [0.5, 0.6) is 5.75 Å². The van der Waals surface area contributed by atoms with Crippen molar-refractivity contribution in [2.24, 2.45) is 0 Å². The third-order valence-electron chi connectivity index (χ3n) is 2.72. The summed E-state index contributed by atoms with van der Waals surface area (Å²) in [6.07, 6.45) is 0. The van der Waals surface area contributed by atoms with Gasteiger partial charge in [-0.2, -0.15) is 0 Å². The van der Waals surface area contributed by atoms with Crippen LogP contribution in [0.3, 0.4) is 0 Å². The third-order valence-corrected chi connectivity index (χ3v) is 2.93. The van der Waals surface area contributed by atoms with E-state index < -0.39 is 0 Å². The predicted octanol–water partition coefficient (Wildman–Crippen LogP) is 2.47. The number of halogens is 1. The molecule has 0 bridgehead atoms. The van der Waals surface area contributed by atoms with Gasteiger partial charge >= 0.3 is 0 Å². The van der Waals surface area contributed by atoms with Gasteiger partial charge in [-0.25, -0.2) is 4.39 Å². The summed E-state index contributed by atoms with van der Waals surface area (Å²) in [5.74, 6) is -0.113. The minimum atomic E-state index is -0.359. The number of nitrogens with one attached hydrogen (secondary N) is 3. The van der Waals surface area contributed by atoms with Gasteiger partial charge in [0.25, 0.3) is 5.91 Å². The zero-order chi connectivity index (χ0) is 15.9. The Morgan fingerprint density at radius 2 is 1.86 bits per heavy atom. The number of hydrazine groups is 1. The molecule has 0 heterocycles. The van der Waals surface area contributed by atoms with Crippen LogP contribution in [0.15, 0.2) is 48.5 Å². The molecule has 0 fully saturated rings. The number of amides is 1. The number of methoxy groups -OCH3 is 1. The number of rotatable bonds is 3.